The monoisotopic (exact) mass is 311 g/mol. The molecule has 2 heterocycles. The Hall–Kier alpha value is -0.940. The fourth-order valence-corrected chi connectivity index (χ4v) is 3.26. The van der Waals surface area contributed by atoms with Gasteiger partial charge < -0.3 is 5.32 Å². The summed E-state index contributed by atoms with van der Waals surface area (Å²) in [5.74, 6) is 1.72. The largest absolute Gasteiger partial charge is 0.370 e. The van der Waals surface area contributed by atoms with Crippen LogP contribution in [-0.4, -0.2) is 16.5 Å². The molecule has 0 bridgehead atoms. The van der Waals surface area contributed by atoms with Crippen LogP contribution >= 0.6 is 27.3 Å². The van der Waals surface area contributed by atoms with E-state index in [1.807, 2.05) is 13.0 Å². The molecule has 1 N–H and O–H groups in total. The Bertz CT molecular complexity index is 537. The van der Waals surface area contributed by atoms with Crippen molar-refractivity contribution in [3.05, 3.63) is 27.3 Å². The molecule has 0 aliphatic heterocycles. The minimum atomic E-state index is 0.793. The van der Waals surface area contributed by atoms with E-state index in [1.165, 1.54) is 0 Å². The molecule has 3 nitrogen and oxygen atoms in total. The van der Waals surface area contributed by atoms with Crippen molar-refractivity contribution in [2.24, 2.45) is 0 Å². The highest BCUT2D eigenvalue weighted by atomic mass is 79.9. The number of halogens is 1. The molecule has 17 heavy (non-hydrogen) atoms. The average Bonchev–Trinajstić information content (AvgIpc) is 2.70. The minimum Gasteiger partial charge on any atom is -0.370 e. The number of thiophene rings is 1. The second-order valence-electron chi connectivity index (χ2n) is 3.72. The van der Waals surface area contributed by atoms with Crippen molar-refractivity contribution >= 4 is 33.1 Å². The number of nitrogens with zero attached hydrogens (tertiary/aromatic N) is 2. The summed E-state index contributed by atoms with van der Waals surface area (Å²) in [6.45, 7) is 6.91. The molecule has 5 heteroatoms. The normalized spacial score (nSPS) is 10.6. The van der Waals surface area contributed by atoms with Gasteiger partial charge in [0.2, 0.25) is 0 Å². The van der Waals surface area contributed by atoms with Crippen LogP contribution < -0.4 is 5.32 Å². The van der Waals surface area contributed by atoms with Crippen molar-refractivity contribution < 1.29 is 0 Å². The van der Waals surface area contributed by atoms with Crippen LogP contribution in [0.2, 0.25) is 0 Å². The van der Waals surface area contributed by atoms with Gasteiger partial charge in [-0.2, -0.15) is 0 Å². The quantitative estimate of drug-likeness (QED) is 0.930. The number of hydrogen-bond acceptors (Lipinski definition) is 4. The zero-order valence-corrected chi connectivity index (χ0v) is 12.4. The number of anilines is 1. The van der Waals surface area contributed by atoms with E-state index in [0.717, 1.165) is 38.8 Å². The van der Waals surface area contributed by atoms with Crippen LogP contribution in [0.4, 0.5) is 5.82 Å². The molecule has 0 atom stereocenters. The number of hydrogen-bond donors (Lipinski definition) is 1. The molecular weight excluding hydrogens is 298 g/mol. The fraction of sp³-hybridized carbons (Fsp3) is 0.333. The van der Waals surface area contributed by atoms with Gasteiger partial charge in [-0.05, 0) is 48.1 Å². The second-order valence-corrected chi connectivity index (χ2v) is 5.49. The van der Waals surface area contributed by atoms with E-state index >= 15 is 0 Å². The topological polar surface area (TPSA) is 37.8 Å². The number of nitrogens with one attached hydrogen (secondary N) is 1. The van der Waals surface area contributed by atoms with E-state index in [1.54, 1.807) is 11.3 Å². The first-order valence-electron chi connectivity index (χ1n) is 5.46. The zero-order chi connectivity index (χ0) is 12.4. The lowest BCUT2D eigenvalue weighted by atomic mass is 10.2. The van der Waals surface area contributed by atoms with E-state index in [-0.39, 0.29) is 0 Å². The van der Waals surface area contributed by atoms with Gasteiger partial charge in [0, 0.05) is 16.6 Å². The Morgan fingerprint density at radius 3 is 2.71 bits per heavy atom. The highest BCUT2D eigenvalue weighted by molar-refractivity contribution is 9.10. The van der Waals surface area contributed by atoms with Crippen LogP contribution in [0.3, 0.4) is 0 Å². The van der Waals surface area contributed by atoms with Gasteiger partial charge in [0.05, 0.1) is 10.6 Å². The molecule has 2 aromatic rings. The standard InChI is InChI=1S/C12H14BrN3S/c1-4-14-12-7(2)10(15-8(3)16-12)11-9(13)5-6-17-11/h5-6H,4H2,1-3H3,(H,14,15,16). The van der Waals surface area contributed by atoms with Gasteiger partial charge >= 0.3 is 0 Å². The number of rotatable bonds is 3. The molecule has 90 valence electrons. The van der Waals surface area contributed by atoms with Crippen molar-refractivity contribution in [1.82, 2.24) is 9.97 Å². The predicted octanol–water partition coefficient (Wildman–Crippen LogP) is 4.02. The van der Waals surface area contributed by atoms with Crippen molar-refractivity contribution in [3.8, 4) is 10.6 Å². The highest BCUT2D eigenvalue weighted by Crippen LogP contribution is 2.35. The molecule has 0 radical (unpaired) electrons. The first kappa shape index (κ1) is 12.5. The SMILES string of the molecule is CCNc1nc(C)nc(-c2sccc2Br)c1C. The van der Waals surface area contributed by atoms with Crippen molar-refractivity contribution in [2.45, 2.75) is 20.8 Å². The second kappa shape index (κ2) is 5.14. The molecule has 2 aromatic heterocycles. The van der Waals surface area contributed by atoms with Crippen LogP contribution in [0.25, 0.3) is 10.6 Å². The lowest BCUT2D eigenvalue weighted by molar-refractivity contribution is 1.02. The van der Waals surface area contributed by atoms with Crippen molar-refractivity contribution in [3.63, 3.8) is 0 Å². The summed E-state index contributed by atoms with van der Waals surface area (Å²) in [6.07, 6.45) is 0. The molecule has 0 aliphatic rings. The maximum absolute atomic E-state index is 4.55. The van der Waals surface area contributed by atoms with Crippen LogP contribution in [-0.2, 0) is 0 Å². The number of aryl methyl sites for hydroxylation is 1. The van der Waals surface area contributed by atoms with E-state index in [4.69, 9.17) is 0 Å². The Labute approximate surface area is 113 Å². The average molecular weight is 312 g/mol. The molecule has 0 saturated carbocycles. The first-order chi connectivity index (χ1) is 8.13. The summed E-state index contributed by atoms with van der Waals surface area (Å²) in [6, 6.07) is 2.05. The van der Waals surface area contributed by atoms with E-state index in [0.29, 0.717) is 0 Å². The van der Waals surface area contributed by atoms with Crippen molar-refractivity contribution in [1.29, 1.82) is 0 Å². The summed E-state index contributed by atoms with van der Waals surface area (Å²) >= 11 is 5.24. The highest BCUT2D eigenvalue weighted by Gasteiger charge is 2.13. The zero-order valence-electron chi connectivity index (χ0n) is 10.0. The molecule has 2 rings (SSSR count). The van der Waals surface area contributed by atoms with Crippen molar-refractivity contribution in [2.75, 3.05) is 11.9 Å². The number of aromatic nitrogens is 2. The molecular formula is C12H14BrN3S. The first-order valence-corrected chi connectivity index (χ1v) is 7.13. The van der Waals surface area contributed by atoms with Gasteiger partial charge in [0.1, 0.15) is 11.6 Å². The Balaban J connectivity index is 2.58. The third kappa shape index (κ3) is 2.50. The molecule has 0 saturated heterocycles. The third-order valence-corrected chi connectivity index (χ3v) is 4.28. The predicted molar refractivity (Wildman–Crippen MR) is 76.7 cm³/mol. The van der Waals surface area contributed by atoms with Crippen LogP contribution in [0, 0.1) is 13.8 Å². The maximum atomic E-state index is 4.55. The van der Waals surface area contributed by atoms with Gasteiger partial charge in [0.15, 0.2) is 0 Å². The van der Waals surface area contributed by atoms with Crippen LogP contribution in [0.5, 0.6) is 0 Å². The molecule has 0 amide bonds. The van der Waals surface area contributed by atoms with Gasteiger partial charge in [-0.1, -0.05) is 0 Å². The van der Waals surface area contributed by atoms with Crippen LogP contribution in [0.1, 0.15) is 18.3 Å². The summed E-state index contributed by atoms with van der Waals surface area (Å²) in [5.41, 5.74) is 2.11. The molecule has 0 aromatic carbocycles. The minimum absolute atomic E-state index is 0.793. The molecule has 0 aliphatic carbocycles. The Kier molecular flexibility index (Phi) is 3.79. The summed E-state index contributed by atoms with van der Waals surface area (Å²) in [4.78, 5) is 10.1. The molecule has 0 unspecified atom stereocenters. The summed E-state index contributed by atoms with van der Waals surface area (Å²) < 4.78 is 1.09. The Morgan fingerprint density at radius 2 is 2.12 bits per heavy atom. The van der Waals surface area contributed by atoms with Gasteiger partial charge in [-0.25, -0.2) is 9.97 Å². The fourth-order valence-electron chi connectivity index (χ4n) is 1.65. The molecule has 0 fully saturated rings. The Morgan fingerprint density at radius 1 is 1.35 bits per heavy atom. The lowest BCUT2D eigenvalue weighted by Crippen LogP contribution is -2.05. The van der Waals surface area contributed by atoms with E-state index in [2.05, 4.69) is 50.4 Å². The van der Waals surface area contributed by atoms with E-state index < -0.39 is 0 Å². The van der Waals surface area contributed by atoms with Gasteiger partial charge in [-0.3, -0.25) is 0 Å². The van der Waals surface area contributed by atoms with Gasteiger partial charge in [-0.15, -0.1) is 11.3 Å². The summed E-state index contributed by atoms with van der Waals surface area (Å²) in [5, 5.41) is 5.34. The lowest BCUT2D eigenvalue weighted by Gasteiger charge is -2.11. The van der Waals surface area contributed by atoms with Gasteiger partial charge in [0.25, 0.3) is 0 Å². The molecule has 0 spiro atoms. The summed E-state index contributed by atoms with van der Waals surface area (Å²) in [7, 11) is 0. The van der Waals surface area contributed by atoms with E-state index in [9.17, 15) is 0 Å². The third-order valence-electron chi connectivity index (χ3n) is 2.43. The smallest absolute Gasteiger partial charge is 0.133 e. The maximum Gasteiger partial charge on any atom is 0.133 e. The van der Waals surface area contributed by atoms with Crippen LogP contribution in [0.15, 0.2) is 15.9 Å².